The van der Waals surface area contributed by atoms with E-state index in [1.54, 1.807) is 42.5 Å². The van der Waals surface area contributed by atoms with Gasteiger partial charge in [-0.15, -0.1) is 0 Å². The Bertz CT molecular complexity index is 1530. The molecule has 4 aromatic carbocycles. The molecule has 0 radical (unpaired) electrons. The van der Waals surface area contributed by atoms with Crippen molar-refractivity contribution in [3.63, 3.8) is 0 Å². The molecule has 1 N–H and O–H groups in total. The van der Waals surface area contributed by atoms with Crippen LogP contribution in [0.1, 0.15) is 18.1 Å². The highest BCUT2D eigenvalue weighted by Gasteiger charge is 2.35. The number of ether oxygens (including phenoxy) is 2. The summed E-state index contributed by atoms with van der Waals surface area (Å²) in [6.45, 7) is 2.55. The molecule has 8 heteroatoms. The van der Waals surface area contributed by atoms with Crippen LogP contribution >= 0.6 is 23.2 Å². The van der Waals surface area contributed by atoms with Crippen LogP contribution in [-0.4, -0.2) is 18.5 Å². The predicted molar refractivity (Wildman–Crippen MR) is 146 cm³/mol. The van der Waals surface area contributed by atoms with E-state index in [2.05, 4.69) is 29.6 Å². The second kappa shape index (κ2) is 10.5. The number of carbonyl (C=O) groups is 2. The van der Waals surface area contributed by atoms with Gasteiger partial charge in [-0.05, 0) is 77.4 Å². The normalized spacial score (nSPS) is 14.4. The molecular formula is C29H22Cl2N2O4. The van der Waals surface area contributed by atoms with Crippen molar-refractivity contribution in [1.29, 1.82) is 0 Å². The number of hydrogen-bond donors (Lipinski definition) is 1. The summed E-state index contributed by atoms with van der Waals surface area (Å²) in [5.74, 6) is 0.357. The standard InChI is InChI=1S/C29H22Cl2N2O4/c1-2-36-26-16-19(15-25-28(34)33(29(35)32-25)23-11-9-22(30)10-12-23)14-24(31)27(26)37-17-18-7-8-20-5-3-4-6-21(20)13-18/h3-16H,2,17H2,1H3,(H,32,35)/b25-15+. The van der Waals surface area contributed by atoms with Gasteiger partial charge in [-0.25, -0.2) is 9.69 Å². The Morgan fingerprint density at radius 1 is 0.892 bits per heavy atom. The van der Waals surface area contributed by atoms with Gasteiger partial charge in [0.15, 0.2) is 11.5 Å². The Kier molecular flexibility index (Phi) is 7.04. The molecule has 1 saturated heterocycles. The molecule has 186 valence electrons. The maximum absolute atomic E-state index is 13.0. The minimum absolute atomic E-state index is 0.114. The highest BCUT2D eigenvalue weighted by atomic mass is 35.5. The Morgan fingerprint density at radius 3 is 2.41 bits per heavy atom. The van der Waals surface area contributed by atoms with Crippen LogP contribution in [0.25, 0.3) is 16.8 Å². The summed E-state index contributed by atoms with van der Waals surface area (Å²) in [5.41, 5.74) is 2.10. The lowest BCUT2D eigenvalue weighted by Crippen LogP contribution is -2.30. The van der Waals surface area contributed by atoms with Crippen molar-refractivity contribution in [1.82, 2.24) is 5.32 Å². The second-order valence-corrected chi connectivity index (χ2v) is 9.18. The monoisotopic (exact) mass is 532 g/mol. The van der Waals surface area contributed by atoms with Crippen LogP contribution in [0.15, 0.2) is 84.6 Å². The molecule has 1 fully saturated rings. The summed E-state index contributed by atoms with van der Waals surface area (Å²) < 4.78 is 11.9. The van der Waals surface area contributed by atoms with E-state index in [1.807, 2.05) is 25.1 Å². The van der Waals surface area contributed by atoms with Gasteiger partial charge in [0.05, 0.1) is 17.3 Å². The fraction of sp³-hybridized carbons (Fsp3) is 0.103. The summed E-state index contributed by atoms with van der Waals surface area (Å²) >= 11 is 12.5. The smallest absolute Gasteiger partial charge is 0.333 e. The first-order valence-corrected chi connectivity index (χ1v) is 12.4. The van der Waals surface area contributed by atoms with Crippen molar-refractivity contribution in [2.75, 3.05) is 11.5 Å². The number of imide groups is 1. The van der Waals surface area contributed by atoms with Crippen molar-refractivity contribution < 1.29 is 19.1 Å². The fourth-order valence-electron chi connectivity index (χ4n) is 4.08. The van der Waals surface area contributed by atoms with Crippen molar-refractivity contribution in [2.24, 2.45) is 0 Å². The molecule has 0 aliphatic carbocycles. The van der Waals surface area contributed by atoms with Gasteiger partial charge in [-0.3, -0.25) is 4.79 Å². The van der Waals surface area contributed by atoms with E-state index in [1.165, 1.54) is 0 Å². The molecule has 0 unspecified atom stereocenters. The third-order valence-corrected chi connectivity index (χ3v) is 6.34. The van der Waals surface area contributed by atoms with E-state index in [4.69, 9.17) is 32.7 Å². The summed E-state index contributed by atoms with van der Waals surface area (Å²) in [6.07, 6.45) is 1.55. The van der Waals surface area contributed by atoms with E-state index >= 15 is 0 Å². The highest BCUT2D eigenvalue weighted by Crippen LogP contribution is 2.38. The average Bonchev–Trinajstić information content (AvgIpc) is 3.16. The van der Waals surface area contributed by atoms with Gasteiger partial charge in [-0.1, -0.05) is 59.6 Å². The van der Waals surface area contributed by atoms with Crippen LogP contribution in [0.2, 0.25) is 10.0 Å². The second-order valence-electron chi connectivity index (χ2n) is 8.34. The lowest BCUT2D eigenvalue weighted by Gasteiger charge is -2.15. The topological polar surface area (TPSA) is 67.9 Å². The number of carbonyl (C=O) groups excluding carboxylic acids is 2. The summed E-state index contributed by atoms with van der Waals surface area (Å²) in [7, 11) is 0. The molecular weight excluding hydrogens is 511 g/mol. The van der Waals surface area contributed by atoms with Gasteiger partial charge in [0, 0.05) is 5.02 Å². The van der Waals surface area contributed by atoms with Crippen molar-refractivity contribution >= 4 is 57.7 Å². The molecule has 6 nitrogen and oxygen atoms in total. The van der Waals surface area contributed by atoms with E-state index in [0.29, 0.717) is 46.0 Å². The summed E-state index contributed by atoms with van der Waals surface area (Å²) in [4.78, 5) is 26.5. The number of nitrogens with one attached hydrogen (secondary N) is 1. The summed E-state index contributed by atoms with van der Waals surface area (Å²) in [5, 5.41) is 5.72. The zero-order valence-corrected chi connectivity index (χ0v) is 21.3. The molecule has 1 aliphatic rings. The Balaban J connectivity index is 1.39. The number of urea groups is 1. The molecule has 4 aromatic rings. The lowest BCUT2D eigenvalue weighted by atomic mass is 10.1. The van der Waals surface area contributed by atoms with Gasteiger partial charge < -0.3 is 14.8 Å². The number of benzene rings is 4. The number of halogens is 2. The van der Waals surface area contributed by atoms with Crippen molar-refractivity contribution in [3.8, 4) is 11.5 Å². The van der Waals surface area contributed by atoms with Gasteiger partial charge in [0.25, 0.3) is 5.91 Å². The zero-order valence-electron chi connectivity index (χ0n) is 19.8. The van der Waals surface area contributed by atoms with E-state index in [9.17, 15) is 9.59 Å². The van der Waals surface area contributed by atoms with E-state index in [0.717, 1.165) is 21.2 Å². The molecule has 0 spiro atoms. The zero-order chi connectivity index (χ0) is 25.9. The lowest BCUT2D eigenvalue weighted by molar-refractivity contribution is -0.113. The molecule has 37 heavy (non-hydrogen) atoms. The molecule has 0 bridgehead atoms. The minimum atomic E-state index is -0.551. The van der Waals surface area contributed by atoms with Crippen LogP contribution in [-0.2, 0) is 11.4 Å². The molecule has 1 aliphatic heterocycles. The Hall–Kier alpha value is -4.00. The molecule has 0 saturated carbocycles. The molecule has 0 aromatic heterocycles. The molecule has 1 heterocycles. The maximum atomic E-state index is 13.0. The Labute approximate surface area is 224 Å². The summed E-state index contributed by atoms with van der Waals surface area (Å²) in [6, 6.07) is 23.5. The predicted octanol–water partition coefficient (Wildman–Crippen LogP) is 7.22. The number of amides is 3. The van der Waals surface area contributed by atoms with Crippen molar-refractivity contribution in [3.05, 3.63) is 106 Å². The van der Waals surface area contributed by atoms with Crippen LogP contribution in [0, 0.1) is 0 Å². The SMILES string of the molecule is CCOc1cc(/C=C2/NC(=O)N(c3ccc(Cl)cc3)C2=O)cc(Cl)c1OCc1ccc2ccccc2c1. The van der Waals surface area contributed by atoms with Crippen LogP contribution in [0.5, 0.6) is 11.5 Å². The van der Waals surface area contributed by atoms with E-state index in [-0.39, 0.29) is 5.70 Å². The number of anilines is 1. The quantitative estimate of drug-likeness (QED) is 0.201. The molecule has 3 amide bonds. The fourth-order valence-corrected chi connectivity index (χ4v) is 4.48. The third-order valence-electron chi connectivity index (χ3n) is 5.80. The van der Waals surface area contributed by atoms with Gasteiger partial charge in [0.1, 0.15) is 12.3 Å². The van der Waals surface area contributed by atoms with Gasteiger partial charge in [0.2, 0.25) is 0 Å². The van der Waals surface area contributed by atoms with Crippen LogP contribution in [0.3, 0.4) is 0 Å². The van der Waals surface area contributed by atoms with Crippen LogP contribution in [0.4, 0.5) is 10.5 Å². The number of hydrogen-bond acceptors (Lipinski definition) is 4. The number of nitrogens with zero attached hydrogens (tertiary/aromatic N) is 1. The Morgan fingerprint density at radius 2 is 1.65 bits per heavy atom. The average molecular weight is 533 g/mol. The van der Waals surface area contributed by atoms with Gasteiger partial charge >= 0.3 is 6.03 Å². The first kappa shape index (κ1) is 24.7. The van der Waals surface area contributed by atoms with Crippen molar-refractivity contribution in [2.45, 2.75) is 13.5 Å². The number of fused-ring (bicyclic) bond motifs is 1. The maximum Gasteiger partial charge on any atom is 0.333 e. The highest BCUT2D eigenvalue weighted by molar-refractivity contribution is 6.33. The first-order chi connectivity index (χ1) is 17.9. The number of rotatable bonds is 7. The molecule has 5 rings (SSSR count). The third kappa shape index (κ3) is 5.26. The van der Waals surface area contributed by atoms with Crippen LogP contribution < -0.4 is 19.7 Å². The minimum Gasteiger partial charge on any atom is -0.490 e. The molecule has 0 atom stereocenters. The van der Waals surface area contributed by atoms with E-state index < -0.39 is 11.9 Å². The first-order valence-electron chi connectivity index (χ1n) is 11.6. The largest absolute Gasteiger partial charge is 0.490 e. The van der Waals surface area contributed by atoms with Gasteiger partial charge in [-0.2, -0.15) is 0 Å².